The Kier molecular flexibility index (Phi) is 3.62. The lowest BCUT2D eigenvalue weighted by Crippen LogP contribution is -2.15. The number of nitrogens with two attached hydrogens (primary N) is 1. The summed E-state index contributed by atoms with van der Waals surface area (Å²) in [7, 11) is 0. The van der Waals surface area contributed by atoms with Gasteiger partial charge in [0.2, 0.25) is 0 Å². The Balaban J connectivity index is 2.29. The number of carbonyl (C=O) groups excluding carboxylic acids is 1. The predicted molar refractivity (Wildman–Crippen MR) is 68.7 cm³/mol. The van der Waals surface area contributed by atoms with E-state index < -0.39 is 0 Å². The van der Waals surface area contributed by atoms with Crippen LogP contribution in [0.15, 0.2) is 36.4 Å². The zero-order valence-electron chi connectivity index (χ0n) is 10.2. The van der Waals surface area contributed by atoms with Gasteiger partial charge in [-0.25, -0.2) is 0 Å². The van der Waals surface area contributed by atoms with E-state index in [1.54, 1.807) is 17.7 Å². The van der Waals surface area contributed by atoms with E-state index in [-0.39, 0.29) is 12.5 Å². The molecule has 0 fully saturated rings. The number of hydrogen-bond acceptors (Lipinski definition) is 4. The van der Waals surface area contributed by atoms with E-state index in [2.05, 4.69) is 5.10 Å². The van der Waals surface area contributed by atoms with Crippen molar-refractivity contribution in [2.45, 2.75) is 13.5 Å². The van der Waals surface area contributed by atoms with Crippen LogP contribution in [0.4, 0.5) is 5.82 Å². The van der Waals surface area contributed by atoms with E-state index in [0.29, 0.717) is 12.4 Å². The standard InChI is InChI=1S/C13H15N3O2/c1-2-18-13(17)9-16-11(8-12(14)15-16)10-6-4-3-5-7-10/h3-8H,2,9H2,1H3,(H2,14,15). The predicted octanol–water partition coefficient (Wildman–Crippen LogP) is 1.70. The Labute approximate surface area is 105 Å². The summed E-state index contributed by atoms with van der Waals surface area (Å²) < 4.78 is 6.46. The molecule has 0 radical (unpaired) electrons. The maximum Gasteiger partial charge on any atom is 0.327 e. The van der Waals surface area contributed by atoms with Gasteiger partial charge in [-0.05, 0) is 12.5 Å². The first-order valence-electron chi connectivity index (χ1n) is 5.75. The van der Waals surface area contributed by atoms with Crippen LogP contribution in [0, 0.1) is 0 Å². The number of anilines is 1. The first-order chi connectivity index (χ1) is 8.70. The molecule has 1 aromatic heterocycles. The molecule has 0 bridgehead atoms. The van der Waals surface area contributed by atoms with Gasteiger partial charge >= 0.3 is 5.97 Å². The van der Waals surface area contributed by atoms with Crippen molar-refractivity contribution in [1.82, 2.24) is 9.78 Å². The molecule has 0 aliphatic carbocycles. The molecule has 2 aromatic rings. The van der Waals surface area contributed by atoms with E-state index in [1.165, 1.54) is 0 Å². The van der Waals surface area contributed by atoms with Crippen molar-refractivity contribution in [3.05, 3.63) is 36.4 Å². The van der Waals surface area contributed by atoms with Gasteiger partial charge in [-0.1, -0.05) is 30.3 Å². The van der Waals surface area contributed by atoms with Crippen LogP contribution in [0.5, 0.6) is 0 Å². The van der Waals surface area contributed by atoms with E-state index >= 15 is 0 Å². The van der Waals surface area contributed by atoms with Gasteiger partial charge in [-0.3, -0.25) is 9.48 Å². The van der Waals surface area contributed by atoms with Gasteiger partial charge < -0.3 is 10.5 Å². The third-order valence-electron chi connectivity index (χ3n) is 2.45. The summed E-state index contributed by atoms with van der Waals surface area (Å²) in [6, 6.07) is 11.4. The van der Waals surface area contributed by atoms with Gasteiger partial charge in [0.25, 0.3) is 0 Å². The number of aromatic nitrogens is 2. The first kappa shape index (κ1) is 12.2. The summed E-state index contributed by atoms with van der Waals surface area (Å²) in [4.78, 5) is 11.5. The van der Waals surface area contributed by atoms with Crippen LogP contribution in [0.2, 0.25) is 0 Å². The highest BCUT2D eigenvalue weighted by molar-refractivity contribution is 5.71. The van der Waals surface area contributed by atoms with Gasteiger partial charge in [0.05, 0.1) is 12.3 Å². The topological polar surface area (TPSA) is 70.1 Å². The van der Waals surface area contributed by atoms with Crippen molar-refractivity contribution >= 4 is 11.8 Å². The Morgan fingerprint density at radius 3 is 2.78 bits per heavy atom. The van der Waals surface area contributed by atoms with Gasteiger partial charge in [-0.15, -0.1) is 0 Å². The summed E-state index contributed by atoms with van der Waals surface area (Å²) in [6.45, 7) is 2.19. The maximum absolute atomic E-state index is 11.5. The summed E-state index contributed by atoms with van der Waals surface area (Å²) in [6.07, 6.45) is 0. The largest absolute Gasteiger partial charge is 0.465 e. The molecule has 0 aliphatic rings. The lowest BCUT2D eigenvalue weighted by molar-refractivity contribution is -0.143. The lowest BCUT2D eigenvalue weighted by atomic mass is 10.1. The highest BCUT2D eigenvalue weighted by atomic mass is 16.5. The Hall–Kier alpha value is -2.30. The summed E-state index contributed by atoms with van der Waals surface area (Å²) in [5.41, 5.74) is 7.45. The van der Waals surface area contributed by atoms with Crippen molar-refractivity contribution in [3.63, 3.8) is 0 Å². The molecule has 0 spiro atoms. The van der Waals surface area contributed by atoms with E-state index in [0.717, 1.165) is 11.3 Å². The fraction of sp³-hybridized carbons (Fsp3) is 0.231. The van der Waals surface area contributed by atoms with E-state index in [9.17, 15) is 4.79 Å². The highest BCUT2D eigenvalue weighted by Crippen LogP contribution is 2.21. The second-order valence-electron chi connectivity index (χ2n) is 3.78. The van der Waals surface area contributed by atoms with Crippen LogP contribution in [0.1, 0.15) is 6.92 Å². The SMILES string of the molecule is CCOC(=O)Cn1nc(N)cc1-c1ccccc1. The smallest absolute Gasteiger partial charge is 0.327 e. The molecular weight excluding hydrogens is 230 g/mol. The number of nitrogens with zero attached hydrogens (tertiary/aromatic N) is 2. The van der Waals surface area contributed by atoms with Crippen LogP contribution in [0.25, 0.3) is 11.3 Å². The minimum absolute atomic E-state index is 0.0647. The fourth-order valence-electron chi connectivity index (χ4n) is 1.73. The molecule has 0 unspecified atom stereocenters. The summed E-state index contributed by atoms with van der Waals surface area (Å²) >= 11 is 0. The van der Waals surface area contributed by atoms with Crippen LogP contribution < -0.4 is 5.73 Å². The van der Waals surface area contributed by atoms with Crippen LogP contribution >= 0.6 is 0 Å². The molecule has 2 rings (SSSR count). The number of rotatable bonds is 4. The third kappa shape index (κ3) is 2.68. The van der Waals surface area contributed by atoms with Crippen LogP contribution in [0.3, 0.4) is 0 Å². The minimum atomic E-state index is -0.321. The minimum Gasteiger partial charge on any atom is -0.465 e. The average Bonchev–Trinajstić information content (AvgIpc) is 2.71. The molecule has 0 aliphatic heterocycles. The van der Waals surface area contributed by atoms with Gasteiger partial charge in [0.1, 0.15) is 12.4 Å². The Morgan fingerprint density at radius 1 is 1.39 bits per heavy atom. The van der Waals surface area contributed by atoms with E-state index in [1.807, 2.05) is 30.3 Å². The molecule has 5 heteroatoms. The fourth-order valence-corrected chi connectivity index (χ4v) is 1.73. The number of esters is 1. The molecular formula is C13H15N3O2. The van der Waals surface area contributed by atoms with Gasteiger partial charge in [0, 0.05) is 6.07 Å². The maximum atomic E-state index is 11.5. The second-order valence-corrected chi connectivity index (χ2v) is 3.78. The van der Waals surface area contributed by atoms with Gasteiger partial charge in [-0.2, -0.15) is 5.10 Å². The molecule has 18 heavy (non-hydrogen) atoms. The zero-order chi connectivity index (χ0) is 13.0. The highest BCUT2D eigenvalue weighted by Gasteiger charge is 2.11. The number of benzene rings is 1. The molecule has 5 nitrogen and oxygen atoms in total. The Bertz CT molecular complexity index is 534. The molecule has 1 aromatic carbocycles. The molecule has 0 atom stereocenters. The van der Waals surface area contributed by atoms with Crippen molar-refractivity contribution in [1.29, 1.82) is 0 Å². The normalized spacial score (nSPS) is 10.3. The summed E-state index contributed by atoms with van der Waals surface area (Å²) in [5, 5.41) is 4.10. The number of ether oxygens (including phenoxy) is 1. The van der Waals surface area contributed by atoms with Crippen molar-refractivity contribution in [2.24, 2.45) is 0 Å². The van der Waals surface area contributed by atoms with Crippen molar-refractivity contribution < 1.29 is 9.53 Å². The second kappa shape index (κ2) is 5.35. The number of nitrogen functional groups attached to an aromatic ring is 1. The molecule has 1 heterocycles. The molecule has 0 amide bonds. The number of hydrogen-bond donors (Lipinski definition) is 1. The van der Waals surface area contributed by atoms with Crippen LogP contribution in [-0.2, 0) is 16.1 Å². The summed E-state index contributed by atoms with van der Waals surface area (Å²) in [5.74, 6) is 0.0657. The Morgan fingerprint density at radius 2 is 2.11 bits per heavy atom. The quantitative estimate of drug-likeness (QED) is 0.832. The monoisotopic (exact) mass is 245 g/mol. The third-order valence-corrected chi connectivity index (χ3v) is 2.45. The molecule has 0 saturated heterocycles. The van der Waals surface area contributed by atoms with Crippen molar-refractivity contribution in [2.75, 3.05) is 12.3 Å². The lowest BCUT2D eigenvalue weighted by Gasteiger charge is -2.06. The van der Waals surface area contributed by atoms with Crippen molar-refractivity contribution in [3.8, 4) is 11.3 Å². The van der Waals surface area contributed by atoms with Gasteiger partial charge in [0.15, 0.2) is 0 Å². The molecule has 2 N–H and O–H groups in total. The molecule has 94 valence electrons. The van der Waals surface area contributed by atoms with Crippen LogP contribution in [-0.4, -0.2) is 22.4 Å². The van der Waals surface area contributed by atoms with E-state index in [4.69, 9.17) is 10.5 Å². The average molecular weight is 245 g/mol. The number of carbonyl (C=O) groups is 1. The first-order valence-corrected chi connectivity index (χ1v) is 5.75. The molecule has 0 saturated carbocycles. The zero-order valence-corrected chi connectivity index (χ0v) is 10.2.